The van der Waals surface area contributed by atoms with Gasteiger partial charge in [0.2, 0.25) is 0 Å². The summed E-state index contributed by atoms with van der Waals surface area (Å²) < 4.78 is 13.1. The van der Waals surface area contributed by atoms with Crippen LogP contribution in [-0.2, 0) is 0 Å². The van der Waals surface area contributed by atoms with Gasteiger partial charge in [-0.25, -0.2) is 9.18 Å². The van der Waals surface area contributed by atoms with Crippen molar-refractivity contribution in [2.75, 3.05) is 0 Å². The Morgan fingerprint density at radius 1 is 1.17 bits per heavy atom. The molecule has 0 heterocycles. The zero-order valence-electron chi connectivity index (χ0n) is 9.02. The Bertz CT molecular complexity index is 626. The van der Waals surface area contributed by atoms with Gasteiger partial charge in [-0.3, -0.25) is 0 Å². The minimum Gasteiger partial charge on any atom is -0.507 e. The molecule has 0 bridgehead atoms. The van der Waals surface area contributed by atoms with Gasteiger partial charge < -0.3 is 10.2 Å². The van der Waals surface area contributed by atoms with Crippen molar-refractivity contribution in [3.8, 4) is 16.9 Å². The molecule has 0 aliphatic carbocycles. The van der Waals surface area contributed by atoms with E-state index in [0.717, 1.165) is 12.1 Å². The second-order valence-corrected chi connectivity index (χ2v) is 4.07. The van der Waals surface area contributed by atoms with Crippen molar-refractivity contribution in [2.45, 2.75) is 0 Å². The van der Waals surface area contributed by atoms with Gasteiger partial charge in [-0.05, 0) is 35.9 Å². The maximum atomic E-state index is 13.1. The number of carboxylic acid groups (broad SMARTS) is 1. The van der Waals surface area contributed by atoms with Gasteiger partial charge in [0.15, 0.2) is 0 Å². The number of rotatable bonds is 2. The monoisotopic (exact) mass is 266 g/mol. The zero-order chi connectivity index (χ0) is 13.3. The van der Waals surface area contributed by atoms with Crippen molar-refractivity contribution in [3.63, 3.8) is 0 Å². The topological polar surface area (TPSA) is 57.5 Å². The number of carbonyl (C=O) groups is 1. The molecule has 0 aliphatic heterocycles. The standard InChI is InChI=1S/C13H8ClFO3/c14-11-5-7(1-3-9(11)13(17)18)10-6-8(15)2-4-12(10)16/h1-6,16H,(H,17,18). The minimum absolute atomic E-state index is 0.0312. The quantitative estimate of drug-likeness (QED) is 0.874. The van der Waals surface area contributed by atoms with Crippen molar-refractivity contribution in [1.29, 1.82) is 0 Å². The van der Waals surface area contributed by atoms with E-state index >= 15 is 0 Å². The number of phenolic OH excluding ortho intramolecular Hbond substituents is 1. The van der Waals surface area contributed by atoms with Gasteiger partial charge >= 0.3 is 5.97 Å². The second kappa shape index (κ2) is 4.66. The Hall–Kier alpha value is -2.07. The van der Waals surface area contributed by atoms with E-state index in [1.807, 2.05) is 0 Å². The molecule has 0 amide bonds. The number of aromatic hydroxyl groups is 1. The number of halogens is 2. The summed E-state index contributed by atoms with van der Waals surface area (Å²) in [7, 11) is 0. The molecule has 2 aromatic rings. The van der Waals surface area contributed by atoms with Crippen LogP contribution in [0.15, 0.2) is 36.4 Å². The van der Waals surface area contributed by atoms with E-state index in [0.29, 0.717) is 5.56 Å². The van der Waals surface area contributed by atoms with E-state index in [2.05, 4.69) is 0 Å². The van der Waals surface area contributed by atoms with Crippen LogP contribution in [0.4, 0.5) is 4.39 Å². The molecular weight excluding hydrogens is 259 g/mol. The van der Waals surface area contributed by atoms with E-state index < -0.39 is 11.8 Å². The summed E-state index contributed by atoms with van der Waals surface area (Å²) in [5.74, 6) is -1.74. The molecule has 92 valence electrons. The summed E-state index contributed by atoms with van der Waals surface area (Å²) in [6.07, 6.45) is 0. The third-order valence-electron chi connectivity index (χ3n) is 2.47. The van der Waals surface area contributed by atoms with Crippen LogP contribution in [0.25, 0.3) is 11.1 Å². The molecule has 0 radical (unpaired) electrons. The fourth-order valence-electron chi connectivity index (χ4n) is 1.60. The molecule has 0 spiro atoms. The molecule has 0 unspecified atom stereocenters. The summed E-state index contributed by atoms with van der Waals surface area (Å²) >= 11 is 5.81. The summed E-state index contributed by atoms with van der Waals surface area (Å²) in [5, 5.41) is 18.5. The van der Waals surface area contributed by atoms with Crippen LogP contribution in [0, 0.1) is 5.82 Å². The maximum absolute atomic E-state index is 13.1. The number of aromatic carboxylic acids is 1. The average Bonchev–Trinajstić information content (AvgIpc) is 2.31. The largest absolute Gasteiger partial charge is 0.507 e. The van der Waals surface area contributed by atoms with Crippen molar-refractivity contribution in [2.24, 2.45) is 0 Å². The third-order valence-corrected chi connectivity index (χ3v) is 2.78. The molecule has 0 saturated carbocycles. The van der Waals surface area contributed by atoms with Gasteiger partial charge in [-0.15, -0.1) is 0 Å². The first kappa shape index (κ1) is 12.4. The van der Waals surface area contributed by atoms with Crippen molar-refractivity contribution in [1.82, 2.24) is 0 Å². The minimum atomic E-state index is -1.14. The van der Waals surface area contributed by atoms with Crippen LogP contribution in [0.5, 0.6) is 5.75 Å². The molecular formula is C13H8ClFO3. The predicted octanol–water partition coefficient (Wildman–Crippen LogP) is 3.55. The summed E-state index contributed by atoms with van der Waals surface area (Å²) in [6, 6.07) is 7.66. The number of hydrogen-bond donors (Lipinski definition) is 2. The van der Waals surface area contributed by atoms with Crippen LogP contribution < -0.4 is 0 Å². The van der Waals surface area contributed by atoms with Gasteiger partial charge in [-0.1, -0.05) is 17.7 Å². The maximum Gasteiger partial charge on any atom is 0.337 e. The first-order valence-electron chi connectivity index (χ1n) is 5.01. The Balaban J connectivity index is 2.55. The van der Waals surface area contributed by atoms with E-state index in [1.54, 1.807) is 0 Å². The van der Waals surface area contributed by atoms with Gasteiger partial charge in [0.1, 0.15) is 11.6 Å². The first-order chi connectivity index (χ1) is 8.49. The van der Waals surface area contributed by atoms with Crippen molar-refractivity contribution in [3.05, 3.63) is 52.8 Å². The number of phenols is 1. The fourth-order valence-corrected chi connectivity index (χ4v) is 1.86. The highest BCUT2D eigenvalue weighted by molar-refractivity contribution is 6.33. The van der Waals surface area contributed by atoms with E-state index in [4.69, 9.17) is 16.7 Å². The summed E-state index contributed by atoms with van der Waals surface area (Å²) in [6.45, 7) is 0. The Labute approximate surface area is 107 Å². The van der Waals surface area contributed by atoms with Gasteiger partial charge in [-0.2, -0.15) is 0 Å². The van der Waals surface area contributed by atoms with Gasteiger partial charge in [0.05, 0.1) is 10.6 Å². The predicted molar refractivity (Wildman–Crippen MR) is 65.5 cm³/mol. The molecule has 0 fully saturated rings. The van der Waals surface area contributed by atoms with Crippen LogP contribution in [-0.4, -0.2) is 16.2 Å². The molecule has 2 aromatic carbocycles. The lowest BCUT2D eigenvalue weighted by atomic mass is 10.0. The lowest BCUT2D eigenvalue weighted by Gasteiger charge is -2.07. The number of benzene rings is 2. The summed E-state index contributed by atoms with van der Waals surface area (Å²) in [5.41, 5.74) is 0.659. The van der Waals surface area contributed by atoms with E-state index in [-0.39, 0.29) is 21.9 Å². The van der Waals surface area contributed by atoms with E-state index in [9.17, 15) is 14.3 Å². The molecule has 18 heavy (non-hydrogen) atoms. The normalized spacial score (nSPS) is 10.3. The molecule has 0 aromatic heterocycles. The average molecular weight is 267 g/mol. The van der Waals surface area contributed by atoms with Crippen LogP contribution in [0.1, 0.15) is 10.4 Å². The van der Waals surface area contributed by atoms with Crippen molar-refractivity contribution < 1.29 is 19.4 Å². The van der Waals surface area contributed by atoms with Crippen LogP contribution >= 0.6 is 11.6 Å². The molecule has 0 atom stereocenters. The SMILES string of the molecule is O=C(O)c1ccc(-c2cc(F)ccc2O)cc1Cl. The highest BCUT2D eigenvalue weighted by Crippen LogP contribution is 2.32. The Morgan fingerprint density at radius 3 is 2.50 bits per heavy atom. The molecule has 0 saturated heterocycles. The smallest absolute Gasteiger partial charge is 0.337 e. The lowest BCUT2D eigenvalue weighted by molar-refractivity contribution is 0.0697. The molecule has 3 nitrogen and oxygen atoms in total. The zero-order valence-corrected chi connectivity index (χ0v) is 9.78. The highest BCUT2D eigenvalue weighted by atomic mass is 35.5. The van der Waals surface area contributed by atoms with Crippen LogP contribution in [0.2, 0.25) is 5.02 Å². The van der Waals surface area contributed by atoms with Crippen molar-refractivity contribution >= 4 is 17.6 Å². The van der Waals surface area contributed by atoms with Crippen LogP contribution in [0.3, 0.4) is 0 Å². The second-order valence-electron chi connectivity index (χ2n) is 3.66. The highest BCUT2D eigenvalue weighted by Gasteiger charge is 2.12. The fraction of sp³-hybridized carbons (Fsp3) is 0. The number of hydrogen-bond acceptors (Lipinski definition) is 2. The number of carboxylic acids is 1. The Kier molecular flexibility index (Phi) is 3.21. The molecule has 2 rings (SSSR count). The summed E-state index contributed by atoms with van der Waals surface area (Å²) in [4.78, 5) is 10.8. The van der Waals surface area contributed by atoms with Gasteiger partial charge in [0.25, 0.3) is 0 Å². The molecule has 5 heteroatoms. The molecule has 2 N–H and O–H groups in total. The Morgan fingerprint density at radius 2 is 1.89 bits per heavy atom. The van der Waals surface area contributed by atoms with Gasteiger partial charge in [0, 0.05) is 5.56 Å². The van der Waals surface area contributed by atoms with E-state index in [1.165, 1.54) is 24.3 Å². The third kappa shape index (κ3) is 2.28. The molecule has 0 aliphatic rings. The first-order valence-corrected chi connectivity index (χ1v) is 5.38. The lowest BCUT2D eigenvalue weighted by Crippen LogP contribution is -1.97.